The third-order valence-electron chi connectivity index (χ3n) is 6.23. The normalized spacial score (nSPS) is 13.5. The molecule has 4 aromatic rings. The maximum atomic E-state index is 11.5. The molecule has 0 atom stereocenters. The van der Waals surface area contributed by atoms with E-state index in [1.54, 1.807) is 32.4 Å². The van der Waals surface area contributed by atoms with Gasteiger partial charge in [-0.3, -0.25) is 10.1 Å². The number of ether oxygens (including phenoxy) is 2. The van der Waals surface area contributed by atoms with Gasteiger partial charge in [0, 0.05) is 43.7 Å². The average molecular weight is 487 g/mol. The lowest BCUT2D eigenvalue weighted by atomic mass is 10.2. The number of nitrogens with one attached hydrogen (secondary N) is 1. The van der Waals surface area contributed by atoms with Crippen molar-refractivity contribution < 1.29 is 14.4 Å². The van der Waals surface area contributed by atoms with E-state index in [4.69, 9.17) is 19.4 Å². The maximum absolute atomic E-state index is 11.5. The number of fused-ring (bicyclic) bond motifs is 1. The van der Waals surface area contributed by atoms with Crippen molar-refractivity contribution in [3.63, 3.8) is 0 Å². The summed E-state index contributed by atoms with van der Waals surface area (Å²) in [4.78, 5) is 25.0. The second-order valence-corrected chi connectivity index (χ2v) is 8.30. The van der Waals surface area contributed by atoms with Gasteiger partial charge in [0.15, 0.2) is 0 Å². The highest BCUT2D eigenvalue weighted by atomic mass is 16.6. The molecule has 0 aliphatic carbocycles. The average Bonchev–Trinajstić information content (AvgIpc) is 2.93. The van der Waals surface area contributed by atoms with Crippen molar-refractivity contribution in [3.05, 3.63) is 76.8 Å². The van der Waals surface area contributed by atoms with Crippen LogP contribution in [0, 0.1) is 10.1 Å². The number of methoxy groups -OCH3 is 2. The molecule has 0 bridgehead atoms. The molecule has 1 N–H and O–H groups in total. The molecule has 184 valence electrons. The number of hydrogen-bond donors (Lipinski definition) is 1. The summed E-state index contributed by atoms with van der Waals surface area (Å²) in [6, 6.07) is 20.2. The predicted molar refractivity (Wildman–Crippen MR) is 140 cm³/mol. The largest absolute Gasteiger partial charge is 0.497 e. The van der Waals surface area contributed by atoms with Gasteiger partial charge < -0.3 is 24.6 Å². The van der Waals surface area contributed by atoms with Crippen LogP contribution < -0.4 is 24.6 Å². The van der Waals surface area contributed by atoms with Gasteiger partial charge in [-0.05, 0) is 30.3 Å². The van der Waals surface area contributed by atoms with Crippen molar-refractivity contribution in [1.82, 2.24) is 9.97 Å². The number of rotatable bonds is 7. The van der Waals surface area contributed by atoms with Gasteiger partial charge in [0.05, 0.1) is 30.3 Å². The molecule has 5 rings (SSSR count). The van der Waals surface area contributed by atoms with Gasteiger partial charge in [0.2, 0.25) is 5.95 Å². The van der Waals surface area contributed by atoms with Crippen molar-refractivity contribution >= 4 is 39.7 Å². The highest BCUT2D eigenvalue weighted by molar-refractivity contribution is 5.92. The summed E-state index contributed by atoms with van der Waals surface area (Å²) in [5.41, 5.74) is 2.33. The second kappa shape index (κ2) is 9.95. The van der Waals surface area contributed by atoms with Crippen LogP contribution >= 0.6 is 0 Å². The van der Waals surface area contributed by atoms with Gasteiger partial charge in [-0.1, -0.05) is 24.3 Å². The van der Waals surface area contributed by atoms with Gasteiger partial charge >= 0.3 is 0 Å². The molecule has 1 aromatic heterocycles. The number of piperazine rings is 1. The molecule has 2 heterocycles. The molecule has 3 aromatic carbocycles. The van der Waals surface area contributed by atoms with Crippen LogP contribution in [0.25, 0.3) is 10.9 Å². The lowest BCUT2D eigenvalue weighted by Crippen LogP contribution is -2.47. The Hall–Kier alpha value is -4.60. The Bertz CT molecular complexity index is 1400. The molecule has 1 saturated heterocycles. The number of para-hydroxylation sites is 3. The van der Waals surface area contributed by atoms with Crippen LogP contribution in [0.4, 0.5) is 28.8 Å². The number of anilines is 4. The van der Waals surface area contributed by atoms with Crippen LogP contribution in [-0.2, 0) is 0 Å². The van der Waals surface area contributed by atoms with Crippen molar-refractivity contribution in [2.75, 3.05) is 55.5 Å². The molecule has 10 heteroatoms. The molecular formula is C26H26N6O4. The van der Waals surface area contributed by atoms with E-state index in [9.17, 15) is 10.1 Å². The number of nitro benzene ring substituents is 1. The maximum Gasteiger partial charge on any atom is 0.292 e. The lowest BCUT2D eigenvalue weighted by Gasteiger charge is -2.36. The summed E-state index contributed by atoms with van der Waals surface area (Å²) in [5, 5.41) is 15.8. The summed E-state index contributed by atoms with van der Waals surface area (Å²) < 4.78 is 10.9. The zero-order valence-corrected chi connectivity index (χ0v) is 20.0. The molecule has 1 fully saturated rings. The van der Waals surface area contributed by atoms with Gasteiger partial charge in [-0.15, -0.1) is 0 Å². The van der Waals surface area contributed by atoms with Crippen molar-refractivity contribution in [2.24, 2.45) is 0 Å². The zero-order chi connectivity index (χ0) is 25.1. The fourth-order valence-corrected chi connectivity index (χ4v) is 4.36. The van der Waals surface area contributed by atoms with Crippen molar-refractivity contribution in [1.29, 1.82) is 0 Å². The lowest BCUT2D eigenvalue weighted by molar-refractivity contribution is -0.384. The van der Waals surface area contributed by atoms with Crippen LogP contribution in [0.2, 0.25) is 0 Å². The fraction of sp³-hybridized carbons (Fsp3) is 0.231. The molecule has 10 nitrogen and oxygen atoms in total. The van der Waals surface area contributed by atoms with Gasteiger partial charge in [0.1, 0.15) is 23.0 Å². The number of nitrogens with zero attached hydrogens (tertiary/aromatic N) is 5. The molecule has 0 amide bonds. The Labute approximate surface area is 208 Å². The van der Waals surface area contributed by atoms with E-state index in [1.165, 1.54) is 0 Å². The van der Waals surface area contributed by atoms with E-state index in [1.807, 2.05) is 53.4 Å². The summed E-state index contributed by atoms with van der Waals surface area (Å²) in [6.07, 6.45) is 0. The Balaban J connectivity index is 1.42. The molecule has 0 spiro atoms. The van der Waals surface area contributed by atoms with Gasteiger partial charge in [0.25, 0.3) is 5.69 Å². The third kappa shape index (κ3) is 4.52. The minimum Gasteiger partial charge on any atom is -0.497 e. The van der Waals surface area contributed by atoms with E-state index >= 15 is 0 Å². The Morgan fingerprint density at radius 1 is 0.889 bits per heavy atom. The highest BCUT2D eigenvalue weighted by Gasteiger charge is 2.25. The standard InChI is InChI=1S/C26H26N6O4/c1-35-18-11-12-21(24(17-18)36-2)27-25-19-7-3-4-8-20(19)28-26(29-25)31-15-13-30(14-16-31)22-9-5-6-10-23(22)32(33)34/h3-12,17H,13-16H2,1-2H3,(H,27,28,29). The van der Waals surface area contributed by atoms with Gasteiger partial charge in [-0.25, -0.2) is 4.98 Å². The monoisotopic (exact) mass is 486 g/mol. The molecule has 0 unspecified atom stereocenters. The minimum absolute atomic E-state index is 0.118. The topological polar surface area (TPSA) is 106 Å². The number of hydrogen-bond acceptors (Lipinski definition) is 9. The predicted octanol–water partition coefficient (Wildman–Crippen LogP) is 4.63. The molecule has 36 heavy (non-hydrogen) atoms. The van der Waals surface area contributed by atoms with Crippen molar-refractivity contribution in [2.45, 2.75) is 0 Å². The van der Waals surface area contributed by atoms with E-state index in [0.29, 0.717) is 55.1 Å². The van der Waals surface area contributed by atoms with E-state index in [0.717, 1.165) is 16.6 Å². The van der Waals surface area contributed by atoms with Crippen molar-refractivity contribution in [3.8, 4) is 11.5 Å². The minimum atomic E-state index is -0.334. The number of nitro groups is 1. The molecule has 0 radical (unpaired) electrons. The van der Waals surface area contributed by atoms with Crippen LogP contribution in [0.1, 0.15) is 0 Å². The van der Waals surface area contributed by atoms with E-state index in [2.05, 4.69) is 10.2 Å². The van der Waals surface area contributed by atoms with Crippen LogP contribution in [0.15, 0.2) is 66.7 Å². The van der Waals surface area contributed by atoms with Crippen LogP contribution in [0.3, 0.4) is 0 Å². The smallest absolute Gasteiger partial charge is 0.292 e. The first-order valence-electron chi connectivity index (χ1n) is 11.6. The first-order chi connectivity index (χ1) is 17.6. The fourth-order valence-electron chi connectivity index (χ4n) is 4.36. The summed E-state index contributed by atoms with van der Waals surface area (Å²) in [7, 11) is 3.22. The highest BCUT2D eigenvalue weighted by Crippen LogP contribution is 2.34. The van der Waals surface area contributed by atoms with Crippen LogP contribution in [0.5, 0.6) is 11.5 Å². The molecular weight excluding hydrogens is 460 g/mol. The van der Waals surface area contributed by atoms with E-state index < -0.39 is 0 Å². The second-order valence-electron chi connectivity index (χ2n) is 8.30. The Kier molecular flexibility index (Phi) is 6.40. The third-order valence-corrected chi connectivity index (χ3v) is 6.23. The summed E-state index contributed by atoms with van der Waals surface area (Å²) in [5.74, 6) is 2.60. The number of benzene rings is 3. The summed E-state index contributed by atoms with van der Waals surface area (Å²) >= 11 is 0. The van der Waals surface area contributed by atoms with E-state index in [-0.39, 0.29) is 10.6 Å². The molecule has 1 aliphatic rings. The first-order valence-corrected chi connectivity index (χ1v) is 11.6. The Morgan fingerprint density at radius 2 is 1.61 bits per heavy atom. The molecule has 1 aliphatic heterocycles. The quantitative estimate of drug-likeness (QED) is 0.296. The van der Waals surface area contributed by atoms with Gasteiger partial charge in [-0.2, -0.15) is 4.98 Å². The Morgan fingerprint density at radius 3 is 2.36 bits per heavy atom. The van der Waals surface area contributed by atoms with Crippen LogP contribution in [-0.4, -0.2) is 55.3 Å². The summed E-state index contributed by atoms with van der Waals surface area (Å²) in [6.45, 7) is 2.51. The number of aromatic nitrogens is 2. The SMILES string of the molecule is COc1ccc(Nc2nc(N3CCN(c4ccccc4[N+](=O)[O-])CC3)nc3ccccc23)c(OC)c1. The zero-order valence-electron chi connectivity index (χ0n) is 20.0. The molecule has 0 saturated carbocycles. The first kappa shape index (κ1) is 23.2.